The summed E-state index contributed by atoms with van der Waals surface area (Å²) in [6.45, 7) is 5.78. The fourth-order valence-corrected chi connectivity index (χ4v) is 1.54. The zero-order chi connectivity index (χ0) is 14.5. The van der Waals surface area contributed by atoms with Crippen LogP contribution in [0.2, 0.25) is 5.15 Å². The van der Waals surface area contributed by atoms with Crippen LogP contribution < -0.4 is 11.1 Å². The minimum absolute atomic E-state index is 0.199. The van der Waals surface area contributed by atoms with Crippen LogP contribution in [0.3, 0.4) is 0 Å². The maximum atomic E-state index is 11.4. The standard InChI is InChI=1S/C13H20ClN3O2/c1-13(2,3)19-12(18)17-8-10(15)6-9-4-5-11(14)16-7-9/h4-5,7,10H,6,8,15H2,1-3H3,(H,17,18). The van der Waals surface area contributed by atoms with Crippen LogP contribution >= 0.6 is 11.6 Å². The number of hydrogen-bond donors (Lipinski definition) is 2. The molecule has 1 heterocycles. The second kappa shape index (κ2) is 6.73. The Balaban J connectivity index is 2.33. The Morgan fingerprint density at radius 2 is 2.21 bits per heavy atom. The largest absolute Gasteiger partial charge is 0.444 e. The summed E-state index contributed by atoms with van der Waals surface area (Å²) in [6, 6.07) is 3.38. The number of nitrogens with two attached hydrogens (primary N) is 1. The molecule has 0 aliphatic carbocycles. The lowest BCUT2D eigenvalue weighted by Gasteiger charge is -2.20. The van der Waals surface area contributed by atoms with E-state index in [9.17, 15) is 4.79 Å². The molecule has 1 rings (SSSR count). The third-order valence-electron chi connectivity index (χ3n) is 2.19. The van der Waals surface area contributed by atoms with E-state index in [4.69, 9.17) is 22.1 Å². The number of hydrogen-bond acceptors (Lipinski definition) is 4. The minimum Gasteiger partial charge on any atom is -0.444 e. The van der Waals surface area contributed by atoms with Gasteiger partial charge in [0.05, 0.1) is 0 Å². The SMILES string of the molecule is CC(C)(C)OC(=O)NCC(N)Cc1ccc(Cl)nc1. The van der Waals surface area contributed by atoms with Gasteiger partial charge in [0.15, 0.2) is 0 Å². The molecule has 19 heavy (non-hydrogen) atoms. The summed E-state index contributed by atoms with van der Waals surface area (Å²) in [4.78, 5) is 15.4. The lowest BCUT2D eigenvalue weighted by atomic mass is 10.1. The maximum absolute atomic E-state index is 11.4. The molecule has 0 aliphatic rings. The highest BCUT2D eigenvalue weighted by Gasteiger charge is 2.16. The average molecular weight is 286 g/mol. The van der Waals surface area contributed by atoms with Crippen molar-refractivity contribution in [2.24, 2.45) is 5.73 Å². The van der Waals surface area contributed by atoms with Crippen LogP contribution in [0.5, 0.6) is 0 Å². The Morgan fingerprint density at radius 1 is 1.53 bits per heavy atom. The average Bonchev–Trinajstić information content (AvgIpc) is 2.27. The van der Waals surface area contributed by atoms with Crippen molar-refractivity contribution in [2.75, 3.05) is 6.54 Å². The van der Waals surface area contributed by atoms with Crippen LogP contribution in [0.25, 0.3) is 0 Å². The number of amides is 1. The Bertz CT molecular complexity index is 415. The second-order valence-electron chi connectivity index (χ2n) is 5.34. The minimum atomic E-state index is -0.506. The van der Waals surface area contributed by atoms with E-state index in [2.05, 4.69) is 10.3 Å². The predicted molar refractivity (Wildman–Crippen MR) is 75.2 cm³/mol. The second-order valence-corrected chi connectivity index (χ2v) is 5.72. The Hall–Kier alpha value is -1.33. The molecule has 1 unspecified atom stereocenters. The first-order valence-corrected chi connectivity index (χ1v) is 6.47. The first-order chi connectivity index (χ1) is 8.76. The van der Waals surface area contributed by atoms with Crippen LogP contribution in [-0.2, 0) is 11.2 Å². The van der Waals surface area contributed by atoms with Crippen molar-refractivity contribution in [2.45, 2.75) is 38.8 Å². The highest BCUT2D eigenvalue weighted by atomic mass is 35.5. The summed E-state index contributed by atoms with van der Waals surface area (Å²) in [7, 11) is 0. The van der Waals surface area contributed by atoms with Crippen LogP contribution in [0.1, 0.15) is 26.3 Å². The van der Waals surface area contributed by atoms with Crippen molar-refractivity contribution in [3.63, 3.8) is 0 Å². The summed E-state index contributed by atoms with van der Waals surface area (Å²) in [5, 5.41) is 3.09. The third kappa shape index (κ3) is 6.98. The molecule has 3 N–H and O–H groups in total. The molecule has 0 saturated heterocycles. The predicted octanol–water partition coefficient (Wildman–Crippen LogP) is 2.13. The van der Waals surface area contributed by atoms with Gasteiger partial charge in [-0.15, -0.1) is 0 Å². The molecule has 0 radical (unpaired) electrons. The van der Waals surface area contributed by atoms with Crippen molar-refractivity contribution in [1.29, 1.82) is 0 Å². The van der Waals surface area contributed by atoms with E-state index >= 15 is 0 Å². The van der Waals surface area contributed by atoms with Gasteiger partial charge in [0.1, 0.15) is 10.8 Å². The van der Waals surface area contributed by atoms with Crippen molar-refractivity contribution in [1.82, 2.24) is 10.3 Å². The number of nitrogens with one attached hydrogen (secondary N) is 1. The van der Waals surface area contributed by atoms with Gasteiger partial charge in [-0.05, 0) is 38.8 Å². The number of nitrogens with zero attached hydrogens (tertiary/aromatic N) is 1. The van der Waals surface area contributed by atoms with Gasteiger partial charge in [0.25, 0.3) is 0 Å². The Morgan fingerprint density at radius 3 is 2.74 bits per heavy atom. The number of carbonyl (C=O) groups excluding carboxylic acids is 1. The topological polar surface area (TPSA) is 77.2 Å². The van der Waals surface area contributed by atoms with Crippen molar-refractivity contribution in [3.8, 4) is 0 Å². The maximum Gasteiger partial charge on any atom is 0.407 e. The lowest BCUT2D eigenvalue weighted by molar-refractivity contribution is 0.0524. The summed E-state index contributed by atoms with van der Waals surface area (Å²) >= 11 is 5.70. The molecule has 1 aromatic heterocycles. The lowest BCUT2D eigenvalue weighted by Crippen LogP contribution is -2.41. The van der Waals surface area contributed by atoms with E-state index in [0.717, 1.165) is 5.56 Å². The molecule has 6 heteroatoms. The number of carbonyl (C=O) groups is 1. The van der Waals surface area contributed by atoms with Crippen LogP contribution in [-0.4, -0.2) is 29.3 Å². The molecule has 0 fully saturated rings. The zero-order valence-electron chi connectivity index (χ0n) is 11.4. The highest BCUT2D eigenvalue weighted by molar-refractivity contribution is 6.29. The van der Waals surface area contributed by atoms with E-state index in [1.165, 1.54) is 0 Å². The first kappa shape index (κ1) is 15.7. The smallest absolute Gasteiger partial charge is 0.407 e. The van der Waals surface area contributed by atoms with Gasteiger partial charge in [0, 0.05) is 18.8 Å². The van der Waals surface area contributed by atoms with Gasteiger partial charge < -0.3 is 15.8 Å². The van der Waals surface area contributed by atoms with Crippen LogP contribution in [0, 0.1) is 0 Å². The summed E-state index contributed by atoms with van der Waals surface area (Å²) in [5.74, 6) is 0. The number of rotatable bonds is 4. The van der Waals surface area contributed by atoms with Gasteiger partial charge in [0.2, 0.25) is 0 Å². The molecule has 0 spiro atoms. The van der Waals surface area contributed by atoms with Crippen molar-refractivity contribution < 1.29 is 9.53 Å². The van der Waals surface area contributed by atoms with E-state index in [0.29, 0.717) is 18.1 Å². The highest BCUT2D eigenvalue weighted by Crippen LogP contribution is 2.08. The van der Waals surface area contributed by atoms with E-state index in [1.807, 2.05) is 26.8 Å². The summed E-state index contributed by atoms with van der Waals surface area (Å²) in [5.41, 5.74) is 6.39. The molecule has 0 aliphatic heterocycles. The summed E-state index contributed by atoms with van der Waals surface area (Å²) < 4.78 is 5.12. The third-order valence-corrected chi connectivity index (χ3v) is 2.42. The number of pyridine rings is 1. The zero-order valence-corrected chi connectivity index (χ0v) is 12.2. The number of halogens is 1. The monoisotopic (exact) mass is 285 g/mol. The number of alkyl carbamates (subject to hydrolysis) is 1. The van der Waals surface area contributed by atoms with E-state index in [1.54, 1.807) is 12.3 Å². The summed E-state index contributed by atoms with van der Waals surface area (Å²) in [6.07, 6.45) is 1.83. The molecule has 1 atom stereocenters. The van der Waals surface area contributed by atoms with Gasteiger partial charge in [-0.25, -0.2) is 9.78 Å². The fourth-order valence-electron chi connectivity index (χ4n) is 1.43. The van der Waals surface area contributed by atoms with Crippen LogP contribution in [0.15, 0.2) is 18.3 Å². The molecule has 0 aromatic carbocycles. The molecule has 0 bridgehead atoms. The molecular formula is C13H20ClN3O2. The quantitative estimate of drug-likeness (QED) is 0.831. The number of ether oxygens (including phenoxy) is 1. The molecule has 106 valence electrons. The molecule has 5 nitrogen and oxygen atoms in total. The molecule has 1 amide bonds. The Kier molecular flexibility index (Phi) is 5.57. The van der Waals surface area contributed by atoms with Crippen LogP contribution in [0.4, 0.5) is 4.79 Å². The normalized spacial score (nSPS) is 12.9. The van der Waals surface area contributed by atoms with Crippen molar-refractivity contribution in [3.05, 3.63) is 29.0 Å². The van der Waals surface area contributed by atoms with Gasteiger partial charge >= 0.3 is 6.09 Å². The van der Waals surface area contributed by atoms with Gasteiger partial charge in [-0.3, -0.25) is 0 Å². The first-order valence-electron chi connectivity index (χ1n) is 6.09. The molecule has 0 saturated carbocycles. The number of aromatic nitrogens is 1. The fraction of sp³-hybridized carbons (Fsp3) is 0.538. The molecule has 1 aromatic rings. The van der Waals surface area contributed by atoms with E-state index in [-0.39, 0.29) is 6.04 Å². The van der Waals surface area contributed by atoms with Gasteiger partial charge in [-0.2, -0.15) is 0 Å². The molecular weight excluding hydrogens is 266 g/mol. The van der Waals surface area contributed by atoms with Gasteiger partial charge in [-0.1, -0.05) is 17.7 Å². The van der Waals surface area contributed by atoms with E-state index < -0.39 is 11.7 Å². The van der Waals surface area contributed by atoms with Crippen molar-refractivity contribution >= 4 is 17.7 Å². The Labute approximate surface area is 118 Å².